The van der Waals surface area contributed by atoms with E-state index in [4.69, 9.17) is 0 Å². The van der Waals surface area contributed by atoms with Crippen LogP contribution in [0.5, 0.6) is 0 Å². The molecule has 1 fully saturated rings. The van der Waals surface area contributed by atoms with E-state index in [9.17, 15) is 14.9 Å². The fourth-order valence-electron chi connectivity index (χ4n) is 3.14. The first-order valence-electron chi connectivity index (χ1n) is 8.76. The van der Waals surface area contributed by atoms with Gasteiger partial charge >= 0.3 is 0 Å². The zero-order chi connectivity index (χ0) is 17.7. The normalized spacial score (nSPS) is 16.7. The van der Waals surface area contributed by atoms with Gasteiger partial charge in [-0.2, -0.15) is 0 Å². The van der Waals surface area contributed by atoms with Crippen LogP contribution in [0.2, 0.25) is 0 Å². The summed E-state index contributed by atoms with van der Waals surface area (Å²) in [6, 6.07) is 4.87. The first-order chi connectivity index (χ1) is 11.4. The molecule has 1 N–H and O–H groups in total. The van der Waals surface area contributed by atoms with Crippen LogP contribution in [0.15, 0.2) is 18.2 Å². The maximum atomic E-state index is 12.3. The molecule has 1 aromatic rings. The molecule has 1 aliphatic rings. The van der Waals surface area contributed by atoms with Gasteiger partial charge in [0.25, 0.3) is 11.6 Å². The number of benzene rings is 1. The second kappa shape index (κ2) is 8.13. The predicted molar refractivity (Wildman–Crippen MR) is 95.5 cm³/mol. The predicted octanol–water partition coefficient (Wildman–Crippen LogP) is 3.75. The van der Waals surface area contributed by atoms with Crippen molar-refractivity contribution >= 4 is 17.3 Å². The molecule has 1 heterocycles. The SMILES string of the molecule is CCC[C@@H](C)NC(=O)c1ccc(N2CCC(C)CC2)c([N+](=O)[O-])c1. The Morgan fingerprint density at radius 1 is 1.42 bits per heavy atom. The second-order valence-electron chi connectivity index (χ2n) is 6.79. The van der Waals surface area contributed by atoms with E-state index in [1.54, 1.807) is 12.1 Å². The van der Waals surface area contributed by atoms with Crippen molar-refractivity contribution in [2.75, 3.05) is 18.0 Å². The molecule has 0 saturated carbocycles. The summed E-state index contributed by atoms with van der Waals surface area (Å²) in [6.07, 6.45) is 3.94. The first-order valence-corrected chi connectivity index (χ1v) is 8.76. The number of nitro groups is 1. The molecule has 24 heavy (non-hydrogen) atoms. The molecular weight excluding hydrogens is 306 g/mol. The largest absolute Gasteiger partial charge is 0.366 e. The number of nitrogens with one attached hydrogen (secondary N) is 1. The van der Waals surface area contributed by atoms with Gasteiger partial charge in [-0.3, -0.25) is 14.9 Å². The highest BCUT2D eigenvalue weighted by molar-refractivity contribution is 5.96. The number of nitro benzene ring substituents is 1. The van der Waals surface area contributed by atoms with Gasteiger partial charge in [-0.1, -0.05) is 20.3 Å². The van der Waals surface area contributed by atoms with E-state index in [-0.39, 0.29) is 22.6 Å². The van der Waals surface area contributed by atoms with E-state index in [1.165, 1.54) is 6.07 Å². The van der Waals surface area contributed by atoms with Gasteiger partial charge in [-0.15, -0.1) is 0 Å². The molecule has 0 bridgehead atoms. The lowest BCUT2D eigenvalue weighted by molar-refractivity contribution is -0.384. The summed E-state index contributed by atoms with van der Waals surface area (Å²) < 4.78 is 0. The van der Waals surface area contributed by atoms with Gasteiger partial charge in [0.05, 0.1) is 4.92 Å². The Hall–Kier alpha value is -2.11. The molecule has 6 nitrogen and oxygen atoms in total. The molecule has 1 atom stereocenters. The maximum absolute atomic E-state index is 12.3. The minimum Gasteiger partial charge on any atom is -0.366 e. The van der Waals surface area contributed by atoms with Crippen molar-refractivity contribution in [3.63, 3.8) is 0 Å². The third-order valence-electron chi connectivity index (χ3n) is 4.66. The lowest BCUT2D eigenvalue weighted by Gasteiger charge is -2.31. The standard InChI is InChI=1S/C18H27N3O3/c1-4-5-14(3)19-18(22)15-6-7-16(17(12-15)21(23)24)20-10-8-13(2)9-11-20/h6-7,12-14H,4-5,8-11H2,1-3H3,(H,19,22)/t14-/m1/s1. The molecule has 0 spiro atoms. The van der Waals surface area contributed by atoms with Crippen LogP contribution in [-0.4, -0.2) is 30.0 Å². The smallest absolute Gasteiger partial charge is 0.293 e. The quantitative estimate of drug-likeness (QED) is 0.635. The first kappa shape index (κ1) is 18.2. The van der Waals surface area contributed by atoms with E-state index >= 15 is 0 Å². The van der Waals surface area contributed by atoms with Crippen LogP contribution in [0.4, 0.5) is 11.4 Å². The Balaban J connectivity index is 2.20. The van der Waals surface area contributed by atoms with Crippen molar-refractivity contribution in [1.29, 1.82) is 0 Å². The zero-order valence-corrected chi connectivity index (χ0v) is 14.7. The highest BCUT2D eigenvalue weighted by atomic mass is 16.6. The van der Waals surface area contributed by atoms with Crippen molar-refractivity contribution in [1.82, 2.24) is 5.32 Å². The van der Waals surface area contributed by atoms with Crippen LogP contribution in [-0.2, 0) is 0 Å². The number of carbonyl (C=O) groups excluding carboxylic acids is 1. The van der Waals surface area contributed by atoms with E-state index in [1.807, 2.05) is 6.92 Å². The Labute approximate surface area is 143 Å². The van der Waals surface area contributed by atoms with Crippen molar-refractivity contribution in [2.45, 2.75) is 52.5 Å². The van der Waals surface area contributed by atoms with Gasteiger partial charge in [0, 0.05) is 30.8 Å². The van der Waals surface area contributed by atoms with Gasteiger partial charge in [-0.05, 0) is 44.2 Å². The van der Waals surface area contributed by atoms with Crippen LogP contribution in [0, 0.1) is 16.0 Å². The average molecular weight is 333 g/mol. The molecule has 0 aromatic heterocycles. The van der Waals surface area contributed by atoms with Crippen molar-refractivity contribution in [3.05, 3.63) is 33.9 Å². The highest BCUT2D eigenvalue weighted by Crippen LogP contribution is 2.32. The van der Waals surface area contributed by atoms with Gasteiger partial charge in [0.2, 0.25) is 0 Å². The molecule has 1 amide bonds. The molecule has 2 rings (SSSR count). The summed E-state index contributed by atoms with van der Waals surface area (Å²) in [7, 11) is 0. The summed E-state index contributed by atoms with van der Waals surface area (Å²) in [5, 5.41) is 14.4. The van der Waals surface area contributed by atoms with Crippen LogP contribution >= 0.6 is 0 Å². The van der Waals surface area contributed by atoms with Crippen molar-refractivity contribution in [2.24, 2.45) is 5.92 Å². The highest BCUT2D eigenvalue weighted by Gasteiger charge is 2.25. The lowest BCUT2D eigenvalue weighted by atomic mass is 9.98. The monoisotopic (exact) mass is 333 g/mol. The van der Waals surface area contributed by atoms with Gasteiger partial charge in [0.1, 0.15) is 5.69 Å². The minimum atomic E-state index is -0.389. The Morgan fingerprint density at radius 2 is 2.08 bits per heavy atom. The van der Waals surface area contributed by atoms with Crippen LogP contribution in [0.1, 0.15) is 56.8 Å². The molecule has 1 aromatic carbocycles. The van der Waals surface area contributed by atoms with E-state index in [0.717, 1.165) is 38.8 Å². The number of anilines is 1. The Kier molecular flexibility index (Phi) is 6.17. The fraction of sp³-hybridized carbons (Fsp3) is 0.611. The molecular formula is C18H27N3O3. The lowest BCUT2D eigenvalue weighted by Crippen LogP contribution is -2.34. The van der Waals surface area contributed by atoms with Gasteiger partial charge < -0.3 is 10.2 Å². The molecule has 132 valence electrons. The minimum absolute atomic E-state index is 0.0142. The number of carbonyl (C=O) groups is 1. The van der Waals surface area contributed by atoms with E-state index in [2.05, 4.69) is 24.1 Å². The fourth-order valence-corrected chi connectivity index (χ4v) is 3.14. The van der Waals surface area contributed by atoms with Gasteiger partial charge in [-0.25, -0.2) is 0 Å². The van der Waals surface area contributed by atoms with Gasteiger partial charge in [0.15, 0.2) is 0 Å². The second-order valence-corrected chi connectivity index (χ2v) is 6.79. The average Bonchev–Trinajstić information content (AvgIpc) is 2.55. The third kappa shape index (κ3) is 4.46. The molecule has 6 heteroatoms. The summed E-state index contributed by atoms with van der Waals surface area (Å²) in [6.45, 7) is 7.85. The van der Waals surface area contributed by atoms with E-state index in [0.29, 0.717) is 17.2 Å². The number of hydrogen-bond donors (Lipinski definition) is 1. The number of piperidine rings is 1. The maximum Gasteiger partial charge on any atom is 0.293 e. The summed E-state index contributed by atoms with van der Waals surface area (Å²) in [5.41, 5.74) is 0.976. The Bertz CT molecular complexity index is 595. The molecule has 0 radical (unpaired) electrons. The number of nitrogens with zero attached hydrogens (tertiary/aromatic N) is 2. The van der Waals surface area contributed by atoms with Crippen LogP contribution in [0.25, 0.3) is 0 Å². The third-order valence-corrected chi connectivity index (χ3v) is 4.66. The Morgan fingerprint density at radius 3 is 2.67 bits per heavy atom. The molecule has 0 unspecified atom stereocenters. The summed E-state index contributed by atoms with van der Waals surface area (Å²) in [4.78, 5) is 25.4. The number of hydrogen-bond acceptors (Lipinski definition) is 4. The van der Waals surface area contributed by atoms with Crippen LogP contribution in [0.3, 0.4) is 0 Å². The summed E-state index contributed by atoms with van der Waals surface area (Å²) >= 11 is 0. The number of rotatable bonds is 6. The van der Waals surface area contributed by atoms with Crippen LogP contribution < -0.4 is 10.2 Å². The van der Waals surface area contributed by atoms with Crippen molar-refractivity contribution < 1.29 is 9.72 Å². The van der Waals surface area contributed by atoms with E-state index < -0.39 is 0 Å². The molecule has 0 aliphatic carbocycles. The molecule has 1 saturated heterocycles. The summed E-state index contributed by atoms with van der Waals surface area (Å²) in [5.74, 6) is 0.406. The topological polar surface area (TPSA) is 75.5 Å². The molecule has 1 aliphatic heterocycles. The van der Waals surface area contributed by atoms with Crippen molar-refractivity contribution in [3.8, 4) is 0 Å². The zero-order valence-electron chi connectivity index (χ0n) is 14.7. The number of amides is 1.